The second kappa shape index (κ2) is 4.69. The van der Waals surface area contributed by atoms with Gasteiger partial charge in [0.05, 0.1) is 11.7 Å². The van der Waals surface area contributed by atoms with Crippen LogP contribution in [0.2, 0.25) is 0 Å². The van der Waals surface area contributed by atoms with Crippen LogP contribution in [0.25, 0.3) is 0 Å². The van der Waals surface area contributed by atoms with Crippen LogP contribution in [0.1, 0.15) is 53.4 Å². The zero-order valence-corrected chi connectivity index (χ0v) is 12.1. The molecule has 0 aromatic rings. The first-order chi connectivity index (χ1) is 6.35. The summed E-state index contributed by atoms with van der Waals surface area (Å²) in [7, 11) is 0. The molecule has 2 heteroatoms. The van der Waals surface area contributed by atoms with Gasteiger partial charge in [0.15, 0.2) is 0 Å². The van der Waals surface area contributed by atoms with Crippen LogP contribution in [-0.2, 0) is 4.74 Å². The average molecular weight is 310 g/mol. The molecule has 84 valence electrons. The molecule has 0 amide bonds. The van der Waals surface area contributed by atoms with Crippen molar-refractivity contribution in [3.05, 3.63) is 0 Å². The summed E-state index contributed by atoms with van der Waals surface area (Å²) < 4.78 is 7.33. The van der Waals surface area contributed by atoms with Gasteiger partial charge in [0, 0.05) is 4.43 Å². The Morgan fingerprint density at radius 3 is 2.57 bits per heavy atom. The molecule has 0 aliphatic carbocycles. The number of hydrogen-bond acceptors (Lipinski definition) is 1. The van der Waals surface area contributed by atoms with E-state index in [2.05, 4.69) is 50.3 Å². The first-order valence-electron chi connectivity index (χ1n) is 5.58. The van der Waals surface area contributed by atoms with E-state index in [0.29, 0.717) is 11.5 Å². The van der Waals surface area contributed by atoms with Crippen LogP contribution in [0.4, 0.5) is 0 Å². The van der Waals surface area contributed by atoms with E-state index < -0.39 is 0 Å². The highest BCUT2D eigenvalue weighted by Gasteiger charge is 2.35. The molecule has 0 radical (unpaired) electrons. The lowest BCUT2D eigenvalue weighted by molar-refractivity contribution is -0.124. The van der Waals surface area contributed by atoms with Gasteiger partial charge in [0.25, 0.3) is 0 Å². The summed E-state index contributed by atoms with van der Waals surface area (Å²) in [5.41, 5.74) is 0.508. The van der Waals surface area contributed by atoms with Gasteiger partial charge in [-0.3, -0.25) is 0 Å². The van der Waals surface area contributed by atoms with Crippen molar-refractivity contribution in [1.82, 2.24) is 0 Å². The Morgan fingerprint density at radius 1 is 1.43 bits per heavy atom. The summed E-state index contributed by atoms with van der Waals surface area (Å²) in [4.78, 5) is 0. The molecule has 0 spiro atoms. The summed E-state index contributed by atoms with van der Waals surface area (Å²) in [5, 5.41) is 0. The molecular formula is C12H23IO. The summed E-state index contributed by atoms with van der Waals surface area (Å²) in [6.45, 7) is 9.19. The van der Waals surface area contributed by atoms with Crippen LogP contribution >= 0.6 is 22.6 Å². The van der Waals surface area contributed by atoms with Crippen LogP contribution in [0, 0.1) is 5.41 Å². The molecule has 1 fully saturated rings. The maximum atomic E-state index is 6.19. The molecular weight excluding hydrogens is 287 g/mol. The monoisotopic (exact) mass is 310 g/mol. The molecule has 0 aromatic heterocycles. The Kier molecular flexibility index (Phi) is 4.27. The number of hydrogen-bond donors (Lipinski definition) is 0. The Hall–Kier alpha value is 0.690. The van der Waals surface area contributed by atoms with Gasteiger partial charge >= 0.3 is 0 Å². The predicted molar refractivity (Wildman–Crippen MR) is 70.1 cm³/mol. The number of alkyl halides is 1. The van der Waals surface area contributed by atoms with Crippen LogP contribution in [-0.4, -0.2) is 16.1 Å². The van der Waals surface area contributed by atoms with E-state index in [9.17, 15) is 0 Å². The average Bonchev–Trinajstić information content (AvgIpc) is 1.99. The minimum atomic E-state index is 0.131. The van der Waals surface area contributed by atoms with E-state index in [0.717, 1.165) is 4.43 Å². The smallest absolute Gasteiger partial charge is 0.0671 e. The number of rotatable bonds is 2. The molecule has 1 nitrogen and oxygen atoms in total. The fourth-order valence-electron chi connectivity index (χ4n) is 2.58. The summed E-state index contributed by atoms with van der Waals surface area (Å²) in [6.07, 6.45) is 5.49. The fraction of sp³-hybridized carbons (Fsp3) is 1.00. The van der Waals surface area contributed by atoms with Crippen molar-refractivity contribution in [1.29, 1.82) is 0 Å². The van der Waals surface area contributed by atoms with Crippen molar-refractivity contribution >= 4 is 22.6 Å². The standard InChI is InChI=1S/C12H23IO/c1-11(2,3)9-12(4)7-5-6-10(8-13)14-12/h10H,5-9H2,1-4H3. The minimum absolute atomic E-state index is 0.131. The second-order valence-electron chi connectivity index (χ2n) is 5.97. The number of halogens is 1. The van der Waals surface area contributed by atoms with Gasteiger partial charge in [-0.1, -0.05) is 43.4 Å². The van der Waals surface area contributed by atoms with Crippen LogP contribution in [0.15, 0.2) is 0 Å². The van der Waals surface area contributed by atoms with E-state index in [1.165, 1.54) is 25.7 Å². The van der Waals surface area contributed by atoms with Gasteiger partial charge in [0.2, 0.25) is 0 Å². The molecule has 1 rings (SSSR count). The van der Waals surface area contributed by atoms with E-state index in [4.69, 9.17) is 4.74 Å². The van der Waals surface area contributed by atoms with E-state index in [-0.39, 0.29) is 5.60 Å². The highest BCUT2D eigenvalue weighted by molar-refractivity contribution is 14.1. The normalized spacial score (nSPS) is 34.5. The molecule has 2 atom stereocenters. The van der Waals surface area contributed by atoms with Gasteiger partial charge in [-0.25, -0.2) is 0 Å². The maximum absolute atomic E-state index is 6.19. The molecule has 2 unspecified atom stereocenters. The van der Waals surface area contributed by atoms with Crippen LogP contribution in [0.5, 0.6) is 0 Å². The predicted octanol–water partition coefficient (Wildman–Crippen LogP) is 4.19. The van der Waals surface area contributed by atoms with E-state index in [1.807, 2.05) is 0 Å². The summed E-state index contributed by atoms with van der Waals surface area (Å²) in [5.74, 6) is 0. The topological polar surface area (TPSA) is 9.23 Å². The SMILES string of the molecule is CC(C)(C)CC1(C)CCCC(CI)O1. The van der Waals surface area contributed by atoms with Crippen LogP contribution in [0.3, 0.4) is 0 Å². The molecule has 0 saturated carbocycles. The van der Waals surface area contributed by atoms with Gasteiger partial charge in [-0.2, -0.15) is 0 Å². The minimum Gasteiger partial charge on any atom is -0.371 e. The number of ether oxygens (including phenoxy) is 1. The molecule has 0 N–H and O–H groups in total. The molecule has 1 aliphatic heterocycles. The quantitative estimate of drug-likeness (QED) is 0.549. The third-order valence-electron chi connectivity index (χ3n) is 2.76. The Morgan fingerprint density at radius 2 is 2.07 bits per heavy atom. The van der Waals surface area contributed by atoms with Crippen molar-refractivity contribution < 1.29 is 4.74 Å². The molecule has 0 aromatic carbocycles. The highest BCUT2D eigenvalue weighted by atomic mass is 127. The zero-order valence-electron chi connectivity index (χ0n) is 9.90. The molecule has 14 heavy (non-hydrogen) atoms. The lowest BCUT2D eigenvalue weighted by atomic mass is 9.79. The van der Waals surface area contributed by atoms with Gasteiger partial charge in [0.1, 0.15) is 0 Å². The molecule has 1 heterocycles. The van der Waals surface area contributed by atoms with Gasteiger partial charge in [-0.15, -0.1) is 0 Å². The van der Waals surface area contributed by atoms with Crippen molar-refractivity contribution in [2.24, 2.45) is 5.41 Å². The van der Waals surface area contributed by atoms with Crippen LogP contribution < -0.4 is 0 Å². The van der Waals surface area contributed by atoms with Crippen molar-refractivity contribution in [3.8, 4) is 0 Å². The zero-order chi connectivity index (χ0) is 10.8. The van der Waals surface area contributed by atoms with E-state index in [1.54, 1.807) is 0 Å². The molecule has 1 saturated heterocycles. The first kappa shape index (κ1) is 12.8. The van der Waals surface area contributed by atoms with Crippen molar-refractivity contribution in [2.45, 2.75) is 65.1 Å². The molecule has 1 aliphatic rings. The lowest BCUT2D eigenvalue weighted by Gasteiger charge is -2.42. The van der Waals surface area contributed by atoms with Crippen molar-refractivity contribution in [2.75, 3.05) is 4.43 Å². The summed E-state index contributed by atoms with van der Waals surface area (Å²) in [6, 6.07) is 0. The third kappa shape index (κ3) is 4.05. The van der Waals surface area contributed by atoms with Gasteiger partial charge in [-0.05, 0) is 38.0 Å². The lowest BCUT2D eigenvalue weighted by Crippen LogP contribution is -2.41. The maximum Gasteiger partial charge on any atom is 0.0671 e. The van der Waals surface area contributed by atoms with Gasteiger partial charge < -0.3 is 4.74 Å². The Balaban J connectivity index is 2.55. The first-order valence-corrected chi connectivity index (χ1v) is 7.11. The Bertz CT molecular complexity index is 185. The fourth-order valence-corrected chi connectivity index (χ4v) is 3.20. The second-order valence-corrected chi connectivity index (χ2v) is 6.85. The summed E-state index contributed by atoms with van der Waals surface area (Å²) >= 11 is 2.44. The third-order valence-corrected chi connectivity index (χ3v) is 3.74. The highest BCUT2D eigenvalue weighted by Crippen LogP contribution is 2.38. The Labute approximate surface area is 102 Å². The van der Waals surface area contributed by atoms with Crippen molar-refractivity contribution in [3.63, 3.8) is 0 Å². The largest absolute Gasteiger partial charge is 0.371 e. The van der Waals surface area contributed by atoms with E-state index >= 15 is 0 Å². The molecule has 0 bridgehead atoms.